The fourth-order valence-electron chi connectivity index (χ4n) is 1.96. The van der Waals surface area contributed by atoms with E-state index in [9.17, 15) is 14.4 Å². The standard InChI is InChI=1S/C13H16N2O4/c1-8(13(18)19)15(10-3-4-10)12(17)9-5-6-14(2)11(16)7-9/h5-8,10H,3-4H2,1-2H3,(H,18,19). The molecule has 1 aliphatic rings. The smallest absolute Gasteiger partial charge is 0.326 e. The second kappa shape index (κ2) is 4.87. The molecule has 1 unspecified atom stereocenters. The van der Waals surface area contributed by atoms with E-state index in [4.69, 9.17) is 5.11 Å². The summed E-state index contributed by atoms with van der Waals surface area (Å²) >= 11 is 0. The van der Waals surface area contributed by atoms with Gasteiger partial charge in [0.05, 0.1) is 0 Å². The highest BCUT2D eigenvalue weighted by atomic mass is 16.4. The van der Waals surface area contributed by atoms with Crippen LogP contribution in [0.5, 0.6) is 0 Å². The normalized spacial score (nSPS) is 15.9. The van der Waals surface area contributed by atoms with Gasteiger partial charge in [0.2, 0.25) is 0 Å². The van der Waals surface area contributed by atoms with Crippen molar-refractivity contribution in [3.63, 3.8) is 0 Å². The van der Waals surface area contributed by atoms with Gasteiger partial charge < -0.3 is 14.6 Å². The van der Waals surface area contributed by atoms with Gasteiger partial charge in [0.15, 0.2) is 0 Å². The Morgan fingerprint density at radius 1 is 1.47 bits per heavy atom. The van der Waals surface area contributed by atoms with Gasteiger partial charge in [-0.25, -0.2) is 4.79 Å². The highest BCUT2D eigenvalue weighted by Gasteiger charge is 2.38. The quantitative estimate of drug-likeness (QED) is 0.857. The summed E-state index contributed by atoms with van der Waals surface area (Å²) in [5, 5.41) is 9.06. The number of pyridine rings is 1. The van der Waals surface area contributed by atoms with Crippen LogP contribution in [0.4, 0.5) is 0 Å². The summed E-state index contributed by atoms with van der Waals surface area (Å²) in [7, 11) is 1.59. The number of aromatic nitrogens is 1. The van der Waals surface area contributed by atoms with Crippen molar-refractivity contribution in [1.82, 2.24) is 9.47 Å². The Morgan fingerprint density at radius 2 is 2.11 bits per heavy atom. The van der Waals surface area contributed by atoms with Crippen LogP contribution in [0.1, 0.15) is 30.1 Å². The maximum atomic E-state index is 12.4. The molecule has 0 spiro atoms. The topological polar surface area (TPSA) is 79.6 Å². The van der Waals surface area contributed by atoms with Crippen LogP contribution in [0.3, 0.4) is 0 Å². The molecule has 0 aliphatic heterocycles. The van der Waals surface area contributed by atoms with Gasteiger partial charge in [0.25, 0.3) is 11.5 Å². The first kappa shape index (κ1) is 13.3. The monoisotopic (exact) mass is 264 g/mol. The lowest BCUT2D eigenvalue weighted by molar-refractivity contribution is -0.141. The van der Waals surface area contributed by atoms with Crippen molar-refractivity contribution in [2.75, 3.05) is 0 Å². The number of aryl methyl sites for hydroxylation is 1. The SMILES string of the molecule is CC(C(=O)O)N(C(=O)c1ccn(C)c(=O)c1)C1CC1. The van der Waals surface area contributed by atoms with Crippen LogP contribution in [0, 0.1) is 0 Å². The number of aliphatic carboxylic acids is 1. The van der Waals surface area contributed by atoms with E-state index >= 15 is 0 Å². The molecule has 6 nitrogen and oxygen atoms in total. The number of carbonyl (C=O) groups excluding carboxylic acids is 1. The molecule has 1 N–H and O–H groups in total. The van der Waals surface area contributed by atoms with Gasteiger partial charge in [-0.1, -0.05) is 0 Å². The lowest BCUT2D eigenvalue weighted by Gasteiger charge is -2.26. The van der Waals surface area contributed by atoms with Gasteiger partial charge in [-0.3, -0.25) is 9.59 Å². The number of amides is 1. The van der Waals surface area contributed by atoms with E-state index < -0.39 is 17.9 Å². The van der Waals surface area contributed by atoms with E-state index in [1.165, 1.54) is 34.7 Å². The van der Waals surface area contributed by atoms with Crippen LogP contribution >= 0.6 is 0 Å². The van der Waals surface area contributed by atoms with E-state index in [1.54, 1.807) is 7.05 Å². The van der Waals surface area contributed by atoms with E-state index in [1.807, 2.05) is 0 Å². The Balaban J connectivity index is 2.31. The van der Waals surface area contributed by atoms with Gasteiger partial charge in [-0.2, -0.15) is 0 Å². The summed E-state index contributed by atoms with van der Waals surface area (Å²) in [6.45, 7) is 1.49. The molecular formula is C13H16N2O4. The van der Waals surface area contributed by atoms with E-state index in [2.05, 4.69) is 0 Å². The largest absolute Gasteiger partial charge is 0.480 e. The van der Waals surface area contributed by atoms with Crippen LogP contribution in [0.15, 0.2) is 23.1 Å². The number of carboxylic acid groups (broad SMARTS) is 1. The number of hydrogen-bond acceptors (Lipinski definition) is 3. The lowest BCUT2D eigenvalue weighted by Crippen LogP contribution is -2.45. The molecule has 102 valence electrons. The van der Waals surface area contributed by atoms with Gasteiger partial charge in [0, 0.05) is 30.9 Å². The first-order valence-corrected chi connectivity index (χ1v) is 6.14. The van der Waals surface area contributed by atoms with Crippen LogP contribution in [-0.4, -0.2) is 38.5 Å². The zero-order valence-electron chi connectivity index (χ0n) is 10.9. The average Bonchev–Trinajstić information content (AvgIpc) is 3.17. The third-order valence-electron chi connectivity index (χ3n) is 3.30. The maximum Gasteiger partial charge on any atom is 0.326 e. The number of nitrogens with zero attached hydrogens (tertiary/aromatic N) is 2. The Labute approximate surface area is 110 Å². The molecule has 0 radical (unpaired) electrons. The summed E-state index contributed by atoms with van der Waals surface area (Å²) < 4.78 is 1.36. The molecule has 1 aliphatic carbocycles. The zero-order chi connectivity index (χ0) is 14.2. The Morgan fingerprint density at radius 3 is 2.58 bits per heavy atom. The summed E-state index contributed by atoms with van der Waals surface area (Å²) in [5.74, 6) is -1.43. The molecule has 6 heteroatoms. The molecule has 19 heavy (non-hydrogen) atoms. The molecule has 1 heterocycles. The first-order valence-electron chi connectivity index (χ1n) is 6.14. The number of carbonyl (C=O) groups is 2. The lowest BCUT2D eigenvalue weighted by atomic mass is 10.2. The second-order valence-corrected chi connectivity index (χ2v) is 4.82. The predicted molar refractivity (Wildman–Crippen MR) is 68.0 cm³/mol. The van der Waals surface area contributed by atoms with Gasteiger partial charge in [-0.15, -0.1) is 0 Å². The molecule has 1 fully saturated rings. The van der Waals surface area contributed by atoms with Gasteiger partial charge in [-0.05, 0) is 25.8 Å². The molecule has 1 aromatic heterocycles. The van der Waals surface area contributed by atoms with Crippen molar-refractivity contribution in [2.24, 2.45) is 7.05 Å². The van der Waals surface area contributed by atoms with Crippen molar-refractivity contribution in [2.45, 2.75) is 31.8 Å². The van der Waals surface area contributed by atoms with Crippen molar-refractivity contribution in [3.05, 3.63) is 34.2 Å². The predicted octanol–water partition coefficient (Wildman–Crippen LogP) is 0.463. The molecule has 1 aromatic rings. The summed E-state index contributed by atoms with van der Waals surface area (Å²) in [5.41, 5.74) is -0.0484. The highest BCUT2D eigenvalue weighted by molar-refractivity contribution is 5.96. The molecule has 0 bridgehead atoms. The first-order chi connectivity index (χ1) is 8.91. The Hall–Kier alpha value is -2.11. The zero-order valence-corrected chi connectivity index (χ0v) is 10.9. The summed E-state index contributed by atoms with van der Waals surface area (Å²) in [4.78, 5) is 36.3. The fraction of sp³-hybridized carbons (Fsp3) is 0.462. The van der Waals surface area contributed by atoms with Gasteiger partial charge >= 0.3 is 5.97 Å². The Bertz CT molecular complexity index is 574. The van der Waals surface area contributed by atoms with Crippen molar-refractivity contribution in [3.8, 4) is 0 Å². The molecule has 0 saturated heterocycles. The third kappa shape index (κ3) is 2.67. The highest BCUT2D eigenvalue weighted by Crippen LogP contribution is 2.30. The van der Waals surface area contributed by atoms with Crippen LogP contribution in [0.2, 0.25) is 0 Å². The van der Waals surface area contributed by atoms with E-state index in [0.717, 1.165) is 12.8 Å². The molecular weight excluding hydrogens is 248 g/mol. The minimum Gasteiger partial charge on any atom is -0.480 e. The summed E-state index contributed by atoms with van der Waals surface area (Å²) in [6, 6.07) is 1.87. The molecule has 0 aromatic carbocycles. The van der Waals surface area contributed by atoms with Crippen molar-refractivity contribution in [1.29, 1.82) is 0 Å². The molecule has 2 rings (SSSR count). The van der Waals surface area contributed by atoms with E-state index in [-0.39, 0.29) is 17.2 Å². The Kier molecular flexibility index (Phi) is 3.42. The maximum absolute atomic E-state index is 12.4. The number of rotatable bonds is 4. The average molecular weight is 264 g/mol. The van der Waals surface area contributed by atoms with Gasteiger partial charge in [0.1, 0.15) is 6.04 Å². The van der Waals surface area contributed by atoms with Crippen LogP contribution in [0.25, 0.3) is 0 Å². The second-order valence-electron chi connectivity index (χ2n) is 4.82. The summed E-state index contributed by atoms with van der Waals surface area (Å²) in [6.07, 6.45) is 3.13. The van der Waals surface area contributed by atoms with E-state index in [0.29, 0.717) is 0 Å². The van der Waals surface area contributed by atoms with Crippen LogP contribution < -0.4 is 5.56 Å². The molecule has 1 atom stereocenters. The van der Waals surface area contributed by atoms with Crippen LogP contribution in [-0.2, 0) is 11.8 Å². The fourth-order valence-corrected chi connectivity index (χ4v) is 1.96. The number of carboxylic acids is 1. The minimum absolute atomic E-state index is 0.0253. The molecule has 1 amide bonds. The van der Waals surface area contributed by atoms with Crippen molar-refractivity contribution < 1.29 is 14.7 Å². The van der Waals surface area contributed by atoms with Crippen molar-refractivity contribution >= 4 is 11.9 Å². The number of hydrogen-bond donors (Lipinski definition) is 1. The third-order valence-corrected chi connectivity index (χ3v) is 3.30. The molecule has 1 saturated carbocycles. The minimum atomic E-state index is -1.04.